The minimum absolute atomic E-state index is 0.464. The van der Waals surface area contributed by atoms with E-state index in [9.17, 15) is 0 Å². The van der Waals surface area contributed by atoms with E-state index < -0.39 is 0 Å². The largest absolute Gasteiger partial charge is 0.323 e. The van der Waals surface area contributed by atoms with Gasteiger partial charge in [0, 0.05) is 29.1 Å². The zero-order valence-corrected chi connectivity index (χ0v) is 18.7. The number of hydrogen-bond acceptors (Lipinski definition) is 3. The molecule has 0 aliphatic carbocycles. The van der Waals surface area contributed by atoms with Crippen LogP contribution in [0.5, 0.6) is 0 Å². The van der Waals surface area contributed by atoms with Gasteiger partial charge in [-0.15, -0.1) is 0 Å². The predicted octanol–water partition coefficient (Wildman–Crippen LogP) is 7.35. The summed E-state index contributed by atoms with van der Waals surface area (Å²) in [5.41, 5.74) is 6.25. The fourth-order valence-corrected chi connectivity index (χ4v) is 4.88. The van der Waals surface area contributed by atoms with Gasteiger partial charge in [-0.2, -0.15) is 0 Å². The molecule has 4 rings (SSSR count). The molecule has 0 fully saturated rings. The van der Waals surface area contributed by atoms with Gasteiger partial charge in [0.25, 0.3) is 0 Å². The molecule has 30 heavy (non-hydrogen) atoms. The molecule has 2 heterocycles. The SMILES string of the molecule is CCCC1CCC(CC)c2ccccc2N1c1nc(-c2ccccc2C)ncc1C. The molecule has 1 aromatic heterocycles. The van der Waals surface area contributed by atoms with Crippen LogP contribution in [0.4, 0.5) is 11.5 Å². The Hall–Kier alpha value is -2.68. The summed E-state index contributed by atoms with van der Waals surface area (Å²) in [4.78, 5) is 12.4. The Morgan fingerprint density at radius 1 is 0.933 bits per heavy atom. The van der Waals surface area contributed by atoms with Crippen LogP contribution in [0.2, 0.25) is 0 Å². The van der Waals surface area contributed by atoms with Crippen molar-refractivity contribution in [3.05, 3.63) is 71.4 Å². The Morgan fingerprint density at radius 2 is 1.70 bits per heavy atom. The average molecular weight is 400 g/mol. The minimum atomic E-state index is 0.464. The molecule has 2 aromatic carbocycles. The highest BCUT2D eigenvalue weighted by molar-refractivity contribution is 5.70. The molecule has 3 nitrogen and oxygen atoms in total. The van der Waals surface area contributed by atoms with Gasteiger partial charge in [-0.25, -0.2) is 9.97 Å². The highest BCUT2D eigenvalue weighted by Gasteiger charge is 2.31. The second kappa shape index (κ2) is 8.99. The second-order valence-electron chi connectivity index (χ2n) is 8.57. The topological polar surface area (TPSA) is 29.0 Å². The van der Waals surface area contributed by atoms with Crippen LogP contribution in [0.1, 0.15) is 68.6 Å². The summed E-state index contributed by atoms with van der Waals surface area (Å²) >= 11 is 0. The van der Waals surface area contributed by atoms with Gasteiger partial charge in [0.15, 0.2) is 5.82 Å². The lowest BCUT2D eigenvalue weighted by atomic mass is 9.91. The average Bonchev–Trinajstić information content (AvgIpc) is 2.92. The van der Waals surface area contributed by atoms with Crippen LogP contribution in [0.3, 0.4) is 0 Å². The number of benzene rings is 2. The van der Waals surface area contributed by atoms with E-state index in [0.29, 0.717) is 12.0 Å². The van der Waals surface area contributed by atoms with Crippen molar-refractivity contribution in [2.75, 3.05) is 4.90 Å². The Balaban J connectivity index is 1.89. The van der Waals surface area contributed by atoms with Gasteiger partial charge in [0.2, 0.25) is 0 Å². The molecule has 156 valence electrons. The summed E-state index contributed by atoms with van der Waals surface area (Å²) < 4.78 is 0. The van der Waals surface area contributed by atoms with Crippen LogP contribution in [-0.4, -0.2) is 16.0 Å². The van der Waals surface area contributed by atoms with Crippen LogP contribution < -0.4 is 4.90 Å². The number of aromatic nitrogens is 2. The van der Waals surface area contributed by atoms with Crippen LogP contribution >= 0.6 is 0 Å². The van der Waals surface area contributed by atoms with Crippen molar-refractivity contribution in [1.82, 2.24) is 9.97 Å². The zero-order valence-electron chi connectivity index (χ0n) is 18.7. The van der Waals surface area contributed by atoms with E-state index in [1.807, 2.05) is 6.20 Å². The fraction of sp³-hybridized carbons (Fsp3) is 0.407. The molecule has 0 radical (unpaired) electrons. The Labute approximate surface area is 181 Å². The first-order chi connectivity index (χ1) is 14.6. The summed E-state index contributed by atoms with van der Waals surface area (Å²) in [6.07, 6.45) is 7.97. The van der Waals surface area contributed by atoms with Crippen LogP contribution in [0.25, 0.3) is 11.4 Å². The molecular weight excluding hydrogens is 366 g/mol. The number of fused-ring (bicyclic) bond motifs is 1. The summed E-state index contributed by atoms with van der Waals surface area (Å²) in [5, 5.41) is 0. The number of anilines is 2. The first kappa shape index (κ1) is 20.6. The lowest BCUT2D eigenvalue weighted by molar-refractivity contribution is 0.501. The molecular formula is C27H33N3. The second-order valence-corrected chi connectivity index (χ2v) is 8.57. The molecule has 3 heteroatoms. The molecule has 0 N–H and O–H groups in total. The van der Waals surface area contributed by atoms with Crippen LogP contribution in [0, 0.1) is 13.8 Å². The molecule has 2 unspecified atom stereocenters. The third-order valence-corrected chi connectivity index (χ3v) is 6.52. The number of para-hydroxylation sites is 1. The van der Waals surface area contributed by atoms with Crippen molar-refractivity contribution in [2.24, 2.45) is 0 Å². The number of rotatable bonds is 5. The molecule has 1 aliphatic rings. The Kier molecular flexibility index (Phi) is 6.17. The standard InChI is InChI=1S/C27H33N3/c1-5-11-22-17-16-21(6-2)24-14-9-10-15-25(24)30(22)27-20(4)18-28-26(29-27)23-13-8-7-12-19(23)3/h7-10,12-15,18,21-22H,5-6,11,16-17H2,1-4H3. The van der Waals surface area contributed by atoms with E-state index in [2.05, 4.69) is 81.1 Å². The predicted molar refractivity (Wildman–Crippen MR) is 126 cm³/mol. The highest BCUT2D eigenvalue weighted by atomic mass is 15.2. The molecule has 2 atom stereocenters. The van der Waals surface area contributed by atoms with Crippen LogP contribution in [-0.2, 0) is 0 Å². The molecule has 0 bridgehead atoms. The van der Waals surface area contributed by atoms with E-state index in [4.69, 9.17) is 9.97 Å². The smallest absolute Gasteiger partial charge is 0.161 e. The Morgan fingerprint density at radius 3 is 2.47 bits per heavy atom. The van der Waals surface area contributed by atoms with Gasteiger partial charge in [-0.05, 0) is 62.6 Å². The fourth-order valence-electron chi connectivity index (χ4n) is 4.88. The van der Waals surface area contributed by atoms with Crippen molar-refractivity contribution >= 4 is 11.5 Å². The van der Waals surface area contributed by atoms with E-state index in [0.717, 1.165) is 22.8 Å². The summed E-state index contributed by atoms with van der Waals surface area (Å²) in [7, 11) is 0. The molecule has 0 spiro atoms. The van der Waals surface area contributed by atoms with Gasteiger partial charge in [-0.3, -0.25) is 0 Å². The van der Waals surface area contributed by atoms with Crippen molar-refractivity contribution in [3.8, 4) is 11.4 Å². The maximum absolute atomic E-state index is 5.17. The van der Waals surface area contributed by atoms with Crippen molar-refractivity contribution in [1.29, 1.82) is 0 Å². The number of nitrogens with zero attached hydrogens (tertiary/aromatic N) is 3. The number of aryl methyl sites for hydroxylation is 2. The molecule has 1 aliphatic heterocycles. The highest BCUT2D eigenvalue weighted by Crippen LogP contribution is 2.43. The van der Waals surface area contributed by atoms with Crippen LogP contribution in [0.15, 0.2) is 54.7 Å². The molecule has 0 saturated heterocycles. The summed E-state index contributed by atoms with van der Waals surface area (Å²) in [6, 6.07) is 17.8. The molecule has 3 aromatic rings. The van der Waals surface area contributed by atoms with E-state index in [1.54, 1.807) is 0 Å². The lowest BCUT2D eigenvalue weighted by Crippen LogP contribution is -2.32. The first-order valence-corrected chi connectivity index (χ1v) is 11.4. The maximum atomic E-state index is 5.17. The molecule has 0 saturated carbocycles. The van der Waals surface area contributed by atoms with Gasteiger partial charge in [-0.1, -0.05) is 62.7 Å². The lowest BCUT2D eigenvalue weighted by Gasteiger charge is -2.33. The van der Waals surface area contributed by atoms with E-state index in [-0.39, 0.29) is 0 Å². The van der Waals surface area contributed by atoms with E-state index >= 15 is 0 Å². The Bertz CT molecular complexity index is 1010. The van der Waals surface area contributed by atoms with Gasteiger partial charge >= 0.3 is 0 Å². The third kappa shape index (κ3) is 3.86. The normalized spacial score (nSPS) is 18.7. The summed E-state index contributed by atoms with van der Waals surface area (Å²) in [6.45, 7) is 8.88. The van der Waals surface area contributed by atoms with E-state index in [1.165, 1.54) is 48.9 Å². The summed E-state index contributed by atoms with van der Waals surface area (Å²) in [5.74, 6) is 2.49. The number of hydrogen-bond donors (Lipinski definition) is 0. The third-order valence-electron chi connectivity index (χ3n) is 6.52. The van der Waals surface area contributed by atoms with Crippen molar-refractivity contribution < 1.29 is 0 Å². The zero-order chi connectivity index (χ0) is 21.1. The first-order valence-electron chi connectivity index (χ1n) is 11.4. The maximum Gasteiger partial charge on any atom is 0.161 e. The van der Waals surface area contributed by atoms with Gasteiger partial charge in [0.05, 0.1) is 0 Å². The minimum Gasteiger partial charge on any atom is -0.323 e. The van der Waals surface area contributed by atoms with Gasteiger partial charge in [0.1, 0.15) is 5.82 Å². The monoisotopic (exact) mass is 399 g/mol. The molecule has 0 amide bonds. The van der Waals surface area contributed by atoms with Crippen molar-refractivity contribution in [3.63, 3.8) is 0 Å². The van der Waals surface area contributed by atoms with Crippen molar-refractivity contribution in [2.45, 2.75) is 71.8 Å². The van der Waals surface area contributed by atoms with Gasteiger partial charge < -0.3 is 4.90 Å². The quantitative estimate of drug-likeness (QED) is 0.449.